The molecule has 2 unspecified atom stereocenters. The number of imide groups is 1. The number of benzene rings is 3. The van der Waals surface area contributed by atoms with Gasteiger partial charge in [-0.25, -0.2) is 19.4 Å². The molecule has 5 fully saturated rings. The van der Waals surface area contributed by atoms with Crippen molar-refractivity contribution in [2.75, 3.05) is 58.1 Å². The average molecular weight is 906 g/mol. The highest BCUT2D eigenvalue weighted by molar-refractivity contribution is 6.05. The Bertz CT molecular complexity index is 2650. The largest absolute Gasteiger partial charge is 0.457 e. The van der Waals surface area contributed by atoms with Crippen molar-refractivity contribution >= 4 is 40.6 Å². The van der Waals surface area contributed by atoms with Crippen molar-refractivity contribution < 1.29 is 23.9 Å². The summed E-state index contributed by atoms with van der Waals surface area (Å²) >= 11 is 0. The Morgan fingerprint density at radius 3 is 2.13 bits per heavy atom. The van der Waals surface area contributed by atoms with Crippen LogP contribution in [0.3, 0.4) is 0 Å². The summed E-state index contributed by atoms with van der Waals surface area (Å²) in [5.74, 6) is 1.58. The van der Waals surface area contributed by atoms with Gasteiger partial charge < -0.3 is 30.1 Å². The van der Waals surface area contributed by atoms with Crippen LogP contribution in [0, 0.1) is 0 Å². The fourth-order valence-electron chi connectivity index (χ4n) is 11.8. The molecule has 5 saturated heterocycles. The van der Waals surface area contributed by atoms with Crippen molar-refractivity contribution in [2.24, 2.45) is 0 Å². The van der Waals surface area contributed by atoms with E-state index >= 15 is 0 Å². The van der Waals surface area contributed by atoms with Crippen LogP contribution in [-0.4, -0.2) is 138 Å². The summed E-state index contributed by atoms with van der Waals surface area (Å²) in [5, 5.41) is 8.35. The van der Waals surface area contributed by atoms with Gasteiger partial charge in [0.25, 0.3) is 5.91 Å². The molecule has 11 rings (SSSR count). The number of ether oxygens (including phenoxy) is 1. The van der Waals surface area contributed by atoms with Gasteiger partial charge in [0.1, 0.15) is 35.4 Å². The third kappa shape index (κ3) is 8.61. The first-order valence-electron chi connectivity index (χ1n) is 24.4. The lowest BCUT2D eigenvalue weighted by atomic mass is 9.86. The second kappa shape index (κ2) is 18.4. The number of rotatable bonds is 8. The zero-order valence-electron chi connectivity index (χ0n) is 38.0. The first-order chi connectivity index (χ1) is 32.7. The number of likely N-dealkylation sites (tertiary alicyclic amines) is 4. The Morgan fingerprint density at radius 2 is 1.42 bits per heavy atom. The number of anilines is 1. The summed E-state index contributed by atoms with van der Waals surface area (Å²) in [7, 11) is 0. The number of fused-ring (bicyclic) bond motifs is 2. The normalized spacial score (nSPS) is 22.9. The number of aromatic nitrogens is 4. The zero-order valence-corrected chi connectivity index (χ0v) is 38.0. The highest BCUT2D eigenvalue weighted by Gasteiger charge is 2.40. The molecule has 5 amide bonds. The van der Waals surface area contributed by atoms with Gasteiger partial charge in [0.15, 0.2) is 5.65 Å². The molecule has 6 aliphatic heterocycles. The molecular formula is C51H59N11O5. The van der Waals surface area contributed by atoms with E-state index in [2.05, 4.69) is 46.7 Å². The Labute approximate surface area is 390 Å². The van der Waals surface area contributed by atoms with E-state index in [4.69, 9.17) is 20.6 Å². The van der Waals surface area contributed by atoms with E-state index in [0.29, 0.717) is 42.3 Å². The summed E-state index contributed by atoms with van der Waals surface area (Å²) in [6.45, 7) is 7.47. The van der Waals surface area contributed by atoms with Crippen LogP contribution in [0.1, 0.15) is 97.7 Å². The number of hydrogen-bond acceptors (Lipinski definition) is 11. The first kappa shape index (κ1) is 43.2. The number of carbonyl (C=O) groups excluding carboxylic acids is 4. The molecule has 0 radical (unpaired) electrons. The molecule has 2 aromatic heterocycles. The molecule has 2 atom stereocenters. The quantitative estimate of drug-likeness (QED) is 0.170. The maximum absolute atomic E-state index is 13.9. The number of piperidine rings is 5. The Hall–Kier alpha value is -6.39. The molecule has 16 nitrogen and oxygen atoms in total. The highest BCUT2D eigenvalue weighted by atomic mass is 16.5. The summed E-state index contributed by atoms with van der Waals surface area (Å²) in [6, 6.07) is 24.5. The van der Waals surface area contributed by atoms with Crippen LogP contribution in [0.5, 0.6) is 11.5 Å². The number of carbonyl (C=O) groups is 4. The molecular weight excluding hydrogens is 847 g/mol. The van der Waals surface area contributed by atoms with Crippen LogP contribution < -0.4 is 15.8 Å². The molecule has 8 heterocycles. The van der Waals surface area contributed by atoms with Crippen LogP contribution in [-0.2, 0) is 16.1 Å². The van der Waals surface area contributed by atoms with Crippen LogP contribution >= 0.6 is 0 Å². The Kier molecular flexibility index (Phi) is 11.8. The van der Waals surface area contributed by atoms with Crippen molar-refractivity contribution in [3.05, 3.63) is 95.8 Å². The number of nitrogen functional groups attached to an aromatic ring is 1. The van der Waals surface area contributed by atoms with E-state index in [1.807, 2.05) is 60.7 Å². The molecule has 0 bridgehead atoms. The van der Waals surface area contributed by atoms with Crippen LogP contribution in [0.2, 0.25) is 0 Å². The predicted molar refractivity (Wildman–Crippen MR) is 252 cm³/mol. The number of nitrogens with two attached hydrogens (primary N) is 1. The minimum atomic E-state index is -0.597. The molecule has 3 aromatic carbocycles. The molecule has 3 N–H and O–H groups in total. The minimum Gasteiger partial charge on any atom is -0.457 e. The molecule has 16 heteroatoms. The first-order valence-corrected chi connectivity index (χ1v) is 24.4. The summed E-state index contributed by atoms with van der Waals surface area (Å²) in [6.07, 6.45) is 10.2. The van der Waals surface area contributed by atoms with Crippen molar-refractivity contribution in [3.63, 3.8) is 0 Å². The van der Waals surface area contributed by atoms with E-state index in [1.54, 1.807) is 4.90 Å². The molecule has 67 heavy (non-hydrogen) atoms. The highest BCUT2D eigenvalue weighted by Crippen LogP contribution is 2.38. The van der Waals surface area contributed by atoms with Gasteiger partial charge in [-0.05, 0) is 137 Å². The zero-order chi connectivity index (χ0) is 45.6. The number of urea groups is 1. The summed E-state index contributed by atoms with van der Waals surface area (Å²) in [4.78, 5) is 71.4. The topological polar surface area (TPSA) is 175 Å². The van der Waals surface area contributed by atoms with Crippen LogP contribution in [0.15, 0.2) is 79.1 Å². The van der Waals surface area contributed by atoms with Gasteiger partial charge in [-0.3, -0.25) is 24.6 Å². The van der Waals surface area contributed by atoms with Gasteiger partial charge >= 0.3 is 6.03 Å². The van der Waals surface area contributed by atoms with E-state index < -0.39 is 6.04 Å². The SMILES string of the molecule is Nc1ncnc2c1c(-c1ccc(Oc3ccccc3)cc1)nn2C1CCCN(C2CCN(C(=O)N3CCC(N4CCC(c5ccc6c(c5)CN(C5CCC(=O)NC5=O)C6=O)CC4)CC3)CC2)C1. The van der Waals surface area contributed by atoms with E-state index in [0.717, 1.165) is 143 Å². The lowest BCUT2D eigenvalue weighted by Crippen LogP contribution is -2.55. The van der Waals surface area contributed by atoms with Gasteiger partial charge in [-0.2, -0.15) is 5.10 Å². The van der Waals surface area contributed by atoms with Crippen molar-refractivity contribution in [1.82, 2.24) is 49.6 Å². The maximum Gasteiger partial charge on any atom is 0.320 e. The summed E-state index contributed by atoms with van der Waals surface area (Å²) in [5.41, 5.74) is 11.9. The van der Waals surface area contributed by atoms with Gasteiger partial charge in [-0.15, -0.1) is 0 Å². The standard InChI is InChI=1S/C51H59N11O5/c52-47-45-46(34-8-11-41(12-9-34)67-40-6-2-1-3-7-40)56-62(48(45)54-32-53-47)39-5-4-22-60(31-39)38-20-27-59(28-21-38)51(66)58-25-18-37(19-26-58)57-23-16-33(17-24-57)35-10-13-42-36(29-35)30-61(50(42)65)43-14-15-44(63)55-49(43)64/h1-3,6-13,29,32-33,37-39,43H,4-5,14-28,30-31H2,(H2,52,53,54)(H,55,63,64). The second-order valence-electron chi connectivity index (χ2n) is 19.3. The van der Waals surface area contributed by atoms with Gasteiger partial charge in [0.2, 0.25) is 11.8 Å². The molecule has 0 aliphatic carbocycles. The van der Waals surface area contributed by atoms with E-state index in [-0.39, 0.29) is 36.2 Å². The Morgan fingerprint density at radius 1 is 0.716 bits per heavy atom. The molecule has 5 aromatic rings. The lowest BCUT2D eigenvalue weighted by molar-refractivity contribution is -0.136. The van der Waals surface area contributed by atoms with Crippen LogP contribution in [0.4, 0.5) is 10.6 Å². The minimum absolute atomic E-state index is 0.126. The molecule has 6 aliphatic rings. The third-order valence-electron chi connectivity index (χ3n) is 15.4. The fraction of sp³-hybridized carbons (Fsp3) is 0.471. The number of para-hydroxylation sites is 1. The molecule has 348 valence electrons. The second-order valence-corrected chi connectivity index (χ2v) is 19.3. The number of nitrogens with one attached hydrogen (secondary N) is 1. The van der Waals surface area contributed by atoms with Crippen molar-refractivity contribution in [1.29, 1.82) is 0 Å². The number of nitrogens with zero attached hydrogens (tertiary/aromatic N) is 9. The van der Waals surface area contributed by atoms with Crippen LogP contribution in [0.25, 0.3) is 22.3 Å². The molecule has 0 saturated carbocycles. The van der Waals surface area contributed by atoms with Gasteiger partial charge in [0, 0.05) is 68.9 Å². The smallest absolute Gasteiger partial charge is 0.320 e. The lowest BCUT2D eigenvalue weighted by Gasteiger charge is -2.45. The predicted octanol–water partition coefficient (Wildman–Crippen LogP) is 6.19. The van der Waals surface area contributed by atoms with Gasteiger partial charge in [-0.1, -0.05) is 30.3 Å². The van der Waals surface area contributed by atoms with Crippen molar-refractivity contribution in [2.45, 2.75) is 101 Å². The Balaban J connectivity index is 0.651. The van der Waals surface area contributed by atoms with Gasteiger partial charge in [0.05, 0.1) is 11.4 Å². The average Bonchev–Trinajstić information content (AvgIpc) is 3.92. The van der Waals surface area contributed by atoms with Crippen molar-refractivity contribution in [3.8, 4) is 22.8 Å². The van der Waals surface area contributed by atoms with E-state index in [1.165, 1.54) is 11.9 Å². The molecule has 0 spiro atoms. The number of hydrogen-bond donors (Lipinski definition) is 2. The maximum atomic E-state index is 13.9. The third-order valence-corrected chi connectivity index (χ3v) is 15.4. The number of amides is 5. The fourth-order valence-corrected chi connectivity index (χ4v) is 11.8. The van der Waals surface area contributed by atoms with E-state index in [9.17, 15) is 19.2 Å². The summed E-state index contributed by atoms with van der Waals surface area (Å²) < 4.78 is 8.12. The monoisotopic (exact) mass is 905 g/mol.